The van der Waals surface area contributed by atoms with Crippen LogP contribution in [0.2, 0.25) is 0 Å². The largest absolute Gasteiger partial charge is 0.459 e. The molecule has 2 rings (SSSR count). The van der Waals surface area contributed by atoms with E-state index in [2.05, 4.69) is 5.32 Å². The Labute approximate surface area is 146 Å². The zero-order valence-electron chi connectivity index (χ0n) is 13.8. The minimum absolute atomic E-state index is 0.0616. The Kier molecular flexibility index (Phi) is 6.88. The molecule has 0 bridgehead atoms. The molecule has 0 radical (unpaired) electrons. The summed E-state index contributed by atoms with van der Waals surface area (Å²) in [7, 11) is 0. The van der Waals surface area contributed by atoms with E-state index in [-0.39, 0.29) is 18.0 Å². The number of amides is 1. The van der Waals surface area contributed by atoms with Crippen LogP contribution in [-0.2, 0) is 15.3 Å². The van der Waals surface area contributed by atoms with Gasteiger partial charge in [-0.2, -0.15) is 0 Å². The highest BCUT2D eigenvalue weighted by molar-refractivity contribution is 7.99. The molecule has 24 heavy (non-hydrogen) atoms. The van der Waals surface area contributed by atoms with Gasteiger partial charge in [0.15, 0.2) is 0 Å². The van der Waals surface area contributed by atoms with E-state index < -0.39 is 0 Å². The van der Waals surface area contributed by atoms with Crippen molar-refractivity contribution in [2.24, 2.45) is 0 Å². The fraction of sp³-hybridized carbons (Fsp3) is 0.263. The Balaban J connectivity index is 1.78. The van der Waals surface area contributed by atoms with E-state index >= 15 is 0 Å². The van der Waals surface area contributed by atoms with Crippen molar-refractivity contribution in [2.45, 2.75) is 25.7 Å². The molecule has 0 spiro atoms. The average Bonchev–Trinajstić information content (AvgIpc) is 2.56. The van der Waals surface area contributed by atoms with Gasteiger partial charge < -0.3 is 10.1 Å². The quantitative estimate of drug-likeness (QED) is 0.768. The van der Waals surface area contributed by atoms with Gasteiger partial charge >= 0.3 is 5.97 Å². The lowest BCUT2D eigenvalue weighted by Gasteiger charge is -2.09. The highest BCUT2D eigenvalue weighted by Gasteiger charge is 2.09. The van der Waals surface area contributed by atoms with Crippen LogP contribution in [0.4, 0.5) is 5.69 Å². The van der Waals surface area contributed by atoms with Gasteiger partial charge in [-0.05, 0) is 43.7 Å². The van der Waals surface area contributed by atoms with E-state index in [1.54, 1.807) is 49.9 Å². The second kappa shape index (κ2) is 9.13. The number of carbonyl (C=O) groups is 2. The van der Waals surface area contributed by atoms with Crippen molar-refractivity contribution in [2.75, 3.05) is 11.1 Å². The van der Waals surface area contributed by atoms with E-state index in [4.69, 9.17) is 4.74 Å². The number of hydrogen-bond donors (Lipinski definition) is 1. The van der Waals surface area contributed by atoms with Crippen LogP contribution in [0.15, 0.2) is 54.6 Å². The number of anilines is 1. The number of carbonyl (C=O) groups excluding carboxylic acids is 2. The molecule has 0 aliphatic carbocycles. The molecule has 0 unspecified atom stereocenters. The molecule has 0 saturated carbocycles. The van der Waals surface area contributed by atoms with Gasteiger partial charge in [-0.3, -0.25) is 4.79 Å². The fourth-order valence-corrected chi connectivity index (χ4v) is 2.79. The summed E-state index contributed by atoms with van der Waals surface area (Å²) >= 11 is 1.56. The Morgan fingerprint density at radius 1 is 1.04 bits per heavy atom. The topological polar surface area (TPSA) is 55.4 Å². The molecule has 0 atom stereocenters. The van der Waals surface area contributed by atoms with Gasteiger partial charge in [-0.15, -0.1) is 11.8 Å². The molecule has 126 valence electrons. The van der Waals surface area contributed by atoms with Crippen molar-refractivity contribution in [3.63, 3.8) is 0 Å². The third-order valence-electron chi connectivity index (χ3n) is 3.09. The molecule has 0 aliphatic rings. The minimum Gasteiger partial charge on any atom is -0.459 e. The van der Waals surface area contributed by atoms with Crippen molar-refractivity contribution < 1.29 is 14.3 Å². The van der Waals surface area contributed by atoms with E-state index in [1.165, 1.54) is 5.56 Å². The van der Waals surface area contributed by atoms with Gasteiger partial charge in [0.2, 0.25) is 5.91 Å². The second-order valence-electron chi connectivity index (χ2n) is 5.56. The first-order valence-electron chi connectivity index (χ1n) is 7.77. The van der Waals surface area contributed by atoms with Crippen LogP contribution in [0.3, 0.4) is 0 Å². The molecular formula is C19H21NO3S. The first-order valence-corrected chi connectivity index (χ1v) is 8.92. The SMILES string of the molecule is CC(C)OC(=O)c1ccc(NC(=O)CSCc2ccccc2)cc1. The number of hydrogen-bond acceptors (Lipinski definition) is 4. The molecule has 2 aromatic carbocycles. The van der Waals surface area contributed by atoms with Gasteiger partial charge in [0.25, 0.3) is 0 Å². The molecule has 1 N–H and O–H groups in total. The van der Waals surface area contributed by atoms with Crippen LogP contribution in [0, 0.1) is 0 Å². The lowest BCUT2D eigenvalue weighted by Crippen LogP contribution is -2.15. The normalized spacial score (nSPS) is 10.5. The third kappa shape index (κ3) is 6.08. The van der Waals surface area contributed by atoms with Crippen molar-refractivity contribution >= 4 is 29.3 Å². The van der Waals surface area contributed by atoms with Crippen molar-refractivity contribution in [1.29, 1.82) is 0 Å². The van der Waals surface area contributed by atoms with Crippen LogP contribution in [0.5, 0.6) is 0 Å². The van der Waals surface area contributed by atoms with E-state index in [0.29, 0.717) is 17.0 Å². The summed E-state index contributed by atoms with van der Waals surface area (Å²) in [5.41, 5.74) is 2.34. The number of ether oxygens (including phenoxy) is 1. The Morgan fingerprint density at radius 2 is 1.71 bits per heavy atom. The lowest BCUT2D eigenvalue weighted by molar-refractivity contribution is -0.113. The smallest absolute Gasteiger partial charge is 0.338 e. The third-order valence-corrected chi connectivity index (χ3v) is 4.10. The summed E-state index contributed by atoms with van der Waals surface area (Å²) in [6, 6.07) is 16.7. The van der Waals surface area contributed by atoms with Crippen LogP contribution >= 0.6 is 11.8 Å². The molecule has 4 nitrogen and oxygen atoms in total. The minimum atomic E-state index is -0.360. The number of benzene rings is 2. The van der Waals surface area contributed by atoms with Crippen molar-refractivity contribution in [3.05, 3.63) is 65.7 Å². The first-order chi connectivity index (χ1) is 11.5. The van der Waals surface area contributed by atoms with Crippen LogP contribution in [-0.4, -0.2) is 23.7 Å². The van der Waals surface area contributed by atoms with Gasteiger partial charge in [0.1, 0.15) is 0 Å². The predicted molar refractivity (Wildman–Crippen MR) is 98.2 cm³/mol. The molecule has 1 amide bonds. The number of thioether (sulfide) groups is 1. The van der Waals surface area contributed by atoms with Crippen molar-refractivity contribution in [1.82, 2.24) is 0 Å². The number of rotatable bonds is 7. The zero-order valence-corrected chi connectivity index (χ0v) is 14.6. The van der Waals surface area contributed by atoms with Gasteiger partial charge in [0, 0.05) is 11.4 Å². The molecule has 2 aromatic rings. The predicted octanol–water partition coefficient (Wildman–Crippen LogP) is 4.12. The van der Waals surface area contributed by atoms with Gasteiger partial charge in [0.05, 0.1) is 17.4 Å². The molecule has 0 aliphatic heterocycles. The highest BCUT2D eigenvalue weighted by Crippen LogP contribution is 2.14. The summed E-state index contributed by atoms with van der Waals surface area (Å²) in [4.78, 5) is 23.7. The fourth-order valence-electron chi connectivity index (χ4n) is 2.00. The summed E-state index contributed by atoms with van der Waals surface area (Å²) in [6.07, 6.45) is -0.154. The van der Waals surface area contributed by atoms with Gasteiger partial charge in [-0.25, -0.2) is 4.79 Å². The maximum atomic E-state index is 11.9. The maximum Gasteiger partial charge on any atom is 0.338 e. The van der Waals surface area contributed by atoms with Crippen molar-refractivity contribution in [3.8, 4) is 0 Å². The Morgan fingerprint density at radius 3 is 2.33 bits per heavy atom. The van der Waals surface area contributed by atoms with E-state index in [0.717, 1.165) is 5.75 Å². The average molecular weight is 343 g/mol. The van der Waals surface area contributed by atoms with Crippen LogP contribution in [0.25, 0.3) is 0 Å². The molecule has 0 heterocycles. The van der Waals surface area contributed by atoms with Crippen LogP contribution in [0.1, 0.15) is 29.8 Å². The van der Waals surface area contributed by atoms with Crippen LogP contribution < -0.4 is 5.32 Å². The van der Waals surface area contributed by atoms with E-state index in [1.807, 2.05) is 30.3 Å². The zero-order chi connectivity index (χ0) is 17.4. The molecule has 0 fully saturated rings. The monoisotopic (exact) mass is 343 g/mol. The highest BCUT2D eigenvalue weighted by atomic mass is 32.2. The van der Waals surface area contributed by atoms with E-state index in [9.17, 15) is 9.59 Å². The Hall–Kier alpha value is -2.27. The Bertz CT molecular complexity index is 669. The molecular weight excluding hydrogens is 322 g/mol. The number of nitrogens with one attached hydrogen (secondary N) is 1. The maximum absolute atomic E-state index is 11.9. The molecule has 0 aromatic heterocycles. The summed E-state index contributed by atoms with van der Waals surface area (Å²) in [6.45, 7) is 3.61. The van der Waals surface area contributed by atoms with Gasteiger partial charge in [-0.1, -0.05) is 30.3 Å². The first kappa shape index (κ1) is 18.1. The lowest BCUT2D eigenvalue weighted by atomic mass is 10.2. The molecule has 0 saturated heterocycles. The number of esters is 1. The second-order valence-corrected chi connectivity index (χ2v) is 6.54. The summed E-state index contributed by atoms with van der Waals surface area (Å²) < 4.78 is 5.12. The standard InChI is InChI=1S/C19H21NO3S/c1-14(2)23-19(22)16-8-10-17(11-9-16)20-18(21)13-24-12-15-6-4-3-5-7-15/h3-11,14H,12-13H2,1-2H3,(H,20,21). The summed E-state index contributed by atoms with van der Waals surface area (Å²) in [5, 5.41) is 2.82. The molecule has 5 heteroatoms. The summed E-state index contributed by atoms with van der Waals surface area (Å²) in [5.74, 6) is 0.759.